The predicted octanol–water partition coefficient (Wildman–Crippen LogP) is 6.92. The number of benzene rings is 3. The van der Waals surface area contributed by atoms with Crippen LogP contribution in [0.15, 0.2) is 78.2 Å². The highest BCUT2D eigenvalue weighted by Gasteiger charge is 2.10. The normalized spacial score (nSPS) is 10.5. The van der Waals surface area contributed by atoms with E-state index in [9.17, 15) is 9.59 Å². The third-order valence-electron chi connectivity index (χ3n) is 4.61. The van der Waals surface area contributed by atoms with Crippen molar-refractivity contribution < 1.29 is 19.1 Å². The molecule has 8 heteroatoms. The number of thiazole rings is 1. The maximum Gasteiger partial charge on any atom is 0.513 e. The van der Waals surface area contributed by atoms with Gasteiger partial charge in [0.25, 0.3) is 5.91 Å². The van der Waals surface area contributed by atoms with Crippen molar-refractivity contribution in [2.75, 3.05) is 11.9 Å². The van der Waals surface area contributed by atoms with Crippen molar-refractivity contribution in [3.8, 4) is 27.6 Å². The predicted molar refractivity (Wildman–Crippen MR) is 130 cm³/mol. The number of amides is 1. The standard InChI is InChI=1S/C25H19ClN2O4S/c1-2-31-25(30)32-21-13-7-17(8-14-21)23(29)27-20-11-5-16(6-12-20)22-15-33-24(28-22)18-3-9-19(26)10-4-18/h3-15H,2H2,1H3,(H,27,29). The number of nitrogens with zero attached hydrogens (tertiary/aromatic N) is 1. The van der Waals surface area contributed by atoms with Gasteiger partial charge in [0.15, 0.2) is 0 Å². The second-order valence-electron chi connectivity index (χ2n) is 6.89. The van der Waals surface area contributed by atoms with Crippen molar-refractivity contribution in [1.82, 2.24) is 4.98 Å². The van der Waals surface area contributed by atoms with Crippen molar-refractivity contribution in [2.24, 2.45) is 0 Å². The van der Waals surface area contributed by atoms with Gasteiger partial charge >= 0.3 is 6.16 Å². The first-order valence-corrected chi connectivity index (χ1v) is 11.4. The molecule has 6 nitrogen and oxygen atoms in total. The van der Waals surface area contributed by atoms with Crippen LogP contribution in [0.4, 0.5) is 10.5 Å². The van der Waals surface area contributed by atoms with E-state index < -0.39 is 6.16 Å². The Morgan fingerprint density at radius 3 is 2.27 bits per heavy atom. The lowest BCUT2D eigenvalue weighted by Gasteiger charge is -2.07. The van der Waals surface area contributed by atoms with E-state index in [1.807, 2.05) is 53.9 Å². The molecule has 1 amide bonds. The Bertz CT molecular complexity index is 1250. The highest BCUT2D eigenvalue weighted by atomic mass is 35.5. The van der Waals surface area contributed by atoms with Crippen LogP contribution in [0.25, 0.3) is 21.8 Å². The second-order valence-corrected chi connectivity index (χ2v) is 8.18. The Balaban J connectivity index is 1.39. The zero-order chi connectivity index (χ0) is 23.2. The van der Waals surface area contributed by atoms with Gasteiger partial charge in [-0.15, -0.1) is 11.3 Å². The van der Waals surface area contributed by atoms with Gasteiger partial charge in [-0.3, -0.25) is 4.79 Å². The first-order chi connectivity index (χ1) is 16.0. The molecule has 4 rings (SSSR count). The molecule has 0 aliphatic carbocycles. The summed E-state index contributed by atoms with van der Waals surface area (Å²) in [6, 6.07) is 21.3. The molecule has 1 N–H and O–H groups in total. The molecule has 4 aromatic rings. The monoisotopic (exact) mass is 478 g/mol. The SMILES string of the molecule is CCOC(=O)Oc1ccc(C(=O)Nc2ccc(-c3csc(-c4ccc(Cl)cc4)n3)cc2)cc1. The van der Waals surface area contributed by atoms with E-state index >= 15 is 0 Å². The Hall–Kier alpha value is -3.68. The Labute approximate surface area is 199 Å². The Morgan fingerprint density at radius 1 is 0.939 bits per heavy atom. The summed E-state index contributed by atoms with van der Waals surface area (Å²) >= 11 is 7.52. The maximum atomic E-state index is 12.5. The number of aromatic nitrogens is 1. The van der Waals surface area contributed by atoms with E-state index in [2.05, 4.69) is 5.32 Å². The van der Waals surface area contributed by atoms with Gasteiger partial charge in [0, 0.05) is 32.8 Å². The zero-order valence-electron chi connectivity index (χ0n) is 17.6. The summed E-state index contributed by atoms with van der Waals surface area (Å²) in [5.74, 6) is 0.0275. The van der Waals surface area contributed by atoms with Gasteiger partial charge in [-0.25, -0.2) is 9.78 Å². The summed E-state index contributed by atoms with van der Waals surface area (Å²) in [6.45, 7) is 1.92. The quantitative estimate of drug-likeness (QED) is 0.240. The fraction of sp³-hybridized carbons (Fsp3) is 0.0800. The lowest BCUT2D eigenvalue weighted by molar-refractivity contribution is 0.102. The third kappa shape index (κ3) is 5.77. The van der Waals surface area contributed by atoms with Gasteiger partial charge in [-0.1, -0.05) is 35.9 Å². The summed E-state index contributed by atoms with van der Waals surface area (Å²) in [6.07, 6.45) is -0.782. The number of ether oxygens (including phenoxy) is 2. The Morgan fingerprint density at radius 2 is 1.61 bits per heavy atom. The number of hydrogen-bond donors (Lipinski definition) is 1. The van der Waals surface area contributed by atoms with Crippen molar-refractivity contribution >= 4 is 40.7 Å². The molecule has 0 radical (unpaired) electrons. The summed E-state index contributed by atoms with van der Waals surface area (Å²) in [5, 5.41) is 6.45. The van der Waals surface area contributed by atoms with Crippen LogP contribution in [0.5, 0.6) is 5.75 Å². The number of halogens is 1. The van der Waals surface area contributed by atoms with Crippen LogP contribution in [-0.4, -0.2) is 23.7 Å². The molecular formula is C25H19ClN2O4S. The molecule has 1 heterocycles. The molecule has 1 aromatic heterocycles. The molecule has 33 heavy (non-hydrogen) atoms. The minimum Gasteiger partial charge on any atom is -0.434 e. The third-order valence-corrected chi connectivity index (χ3v) is 5.76. The van der Waals surface area contributed by atoms with Crippen molar-refractivity contribution in [3.63, 3.8) is 0 Å². The van der Waals surface area contributed by atoms with Crippen molar-refractivity contribution in [3.05, 3.63) is 88.8 Å². The highest BCUT2D eigenvalue weighted by Crippen LogP contribution is 2.30. The van der Waals surface area contributed by atoms with Crippen molar-refractivity contribution in [2.45, 2.75) is 6.92 Å². The van der Waals surface area contributed by atoms with Gasteiger partial charge < -0.3 is 14.8 Å². The molecule has 0 bridgehead atoms. The van der Waals surface area contributed by atoms with Crippen LogP contribution in [0, 0.1) is 0 Å². The molecule has 0 atom stereocenters. The van der Waals surface area contributed by atoms with Crippen LogP contribution in [0.2, 0.25) is 5.02 Å². The van der Waals surface area contributed by atoms with Crippen LogP contribution < -0.4 is 10.1 Å². The van der Waals surface area contributed by atoms with Crippen LogP contribution in [0.1, 0.15) is 17.3 Å². The molecule has 0 unspecified atom stereocenters. The molecular weight excluding hydrogens is 460 g/mol. The molecule has 3 aromatic carbocycles. The minimum absolute atomic E-state index is 0.226. The topological polar surface area (TPSA) is 77.5 Å². The lowest BCUT2D eigenvalue weighted by Crippen LogP contribution is -2.12. The number of anilines is 1. The molecule has 0 fully saturated rings. The number of carbonyl (C=O) groups excluding carboxylic acids is 2. The summed E-state index contributed by atoms with van der Waals surface area (Å²) in [7, 11) is 0. The minimum atomic E-state index is -0.782. The lowest BCUT2D eigenvalue weighted by atomic mass is 10.1. The average molecular weight is 479 g/mol. The number of nitrogens with one attached hydrogen (secondary N) is 1. The van der Waals surface area contributed by atoms with Crippen LogP contribution in [-0.2, 0) is 4.74 Å². The number of carbonyl (C=O) groups is 2. The van der Waals surface area contributed by atoms with E-state index in [0.717, 1.165) is 21.8 Å². The van der Waals surface area contributed by atoms with Crippen LogP contribution in [0.3, 0.4) is 0 Å². The maximum absolute atomic E-state index is 12.5. The molecule has 0 aliphatic rings. The van der Waals surface area contributed by atoms with Gasteiger partial charge in [0.2, 0.25) is 0 Å². The summed E-state index contributed by atoms with van der Waals surface area (Å²) in [4.78, 5) is 28.6. The molecule has 0 aliphatic heterocycles. The molecule has 0 spiro atoms. The molecule has 0 saturated carbocycles. The average Bonchev–Trinajstić information content (AvgIpc) is 3.31. The second kappa shape index (κ2) is 10.3. The van der Waals surface area contributed by atoms with E-state index in [1.54, 1.807) is 30.4 Å². The van der Waals surface area contributed by atoms with E-state index in [4.69, 9.17) is 26.1 Å². The summed E-state index contributed by atoms with van der Waals surface area (Å²) in [5.41, 5.74) is 3.91. The fourth-order valence-corrected chi connectivity index (χ4v) is 3.94. The van der Waals surface area contributed by atoms with Gasteiger partial charge in [0.1, 0.15) is 10.8 Å². The van der Waals surface area contributed by atoms with Crippen molar-refractivity contribution in [1.29, 1.82) is 0 Å². The Kier molecular flexibility index (Phi) is 7.02. The number of hydrogen-bond acceptors (Lipinski definition) is 6. The van der Waals surface area contributed by atoms with E-state index in [-0.39, 0.29) is 12.5 Å². The van der Waals surface area contributed by atoms with E-state index in [0.29, 0.717) is 22.0 Å². The first-order valence-electron chi connectivity index (χ1n) is 10.1. The van der Waals surface area contributed by atoms with Gasteiger partial charge in [-0.2, -0.15) is 0 Å². The van der Waals surface area contributed by atoms with Gasteiger partial charge in [-0.05, 0) is 55.5 Å². The first kappa shape index (κ1) is 22.5. The van der Waals surface area contributed by atoms with Gasteiger partial charge in [0.05, 0.1) is 12.3 Å². The molecule has 0 saturated heterocycles. The largest absolute Gasteiger partial charge is 0.513 e. The smallest absolute Gasteiger partial charge is 0.434 e. The highest BCUT2D eigenvalue weighted by molar-refractivity contribution is 7.13. The van der Waals surface area contributed by atoms with Crippen LogP contribution >= 0.6 is 22.9 Å². The van der Waals surface area contributed by atoms with E-state index in [1.165, 1.54) is 12.1 Å². The summed E-state index contributed by atoms with van der Waals surface area (Å²) < 4.78 is 9.72. The molecule has 166 valence electrons. The fourth-order valence-electron chi connectivity index (χ4n) is 2.98. The number of rotatable bonds is 6. The zero-order valence-corrected chi connectivity index (χ0v) is 19.2.